The van der Waals surface area contributed by atoms with Crippen molar-refractivity contribution in [1.82, 2.24) is 25.2 Å². The van der Waals surface area contributed by atoms with Crippen molar-refractivity contribution in [3.05, 3.63) is 52.1 Å². The summed E-state index contributed by atoms with van der Waals surface area (Å²) in [5.74, 6) is 1.75. The number of hydrogen-bond acceptors (Lipinski definition) is 4. The number of hydrogen-bond donors (Lipinski definition) is 2. The monoisotopic (exact) mass is 342 g/mol. The Morgan fingerprint density at radius 3 is 2.83 bits per heavy atom. The van der Waals surface area contributed by atoms with E-state index in [-0.39, 0.29) is 0 Å². The number of aromatic nitrogens is 3. The molecule has 0 aliphatic heterocycles. The molecule has 6 nitrogen and oxygen atoms in total. The quantitative estimate of drug-likeness (QED) is 0.533. The van der Waals surface area contributed by atoms with Crippen molar-refractivity contribution in [3.63, 3.8) is 0 Å². The van der Waals surface area contributed by atoms with Crippen LogP contribution in [0.25, 0.3) is 5.65 Å². The van der Waals surface area contributed by atoms with Gasteiger partial charge >= 0.3 is 0 Å². The molecule has 3 aromatic rings. The van der Waals surface area contributed by atoms with Crippen molar-refractivity contribution in [2.75, 3.05) is 13.6 Å². The Bertz CT molecular complexity index is 819. The molecular formula is C17H22N6S. The van der Waals surface area contributed by atoms with Crippen LogP contribution in [-0.2, 0) is 19.4 Å². The van der Waals surface area contributed by atoms with Crippen LogP contribution < -0.4 is 10.6 Å². The molecule has 0 fully saturated rings. The van der Waals surface area contributed by atoms with Gasteiger partial charge in [0.2, 0.25) is 0 Å². The lowest BCUT2D eigenvalue weighted by atomic mass is 10.3. The molecule has 0 aliphatic carbocycles. The Labute approximate surface area is 145 Å². The zero-order valence-corrected chi connectivity index (χ0v) is 14.8. The Kier molecular flexibility index (Phi) is 5.43. The van der Waals surface area contributed by atoms with Crippen molar-refractivity contribution < 1.29 is 0 Å². The summed E-state index contributed by atoms with van der Waals surface area (Å²) in [5.41, 5.74) is 0.874. The molecule has 3 aromatic heterocycles. The van der Waals surface area contributed by atoms with Crippen LogP contribution in [0.2, 0.25) is 0 Å². The molecule has 3 rings (SSSR count). The molecule has 24 heavy (non-hydrogen) atoms. The summed E-state index contributed by atoms with van der Waals surface area (Å²) < 4.78 is 2.01. The first kappa shape index (κ1) is 16.4. The summed E-state index contributed by atoms with van der Waals surface area (Å²) in [6.45, 7) is 3.72. The fourth-order valence-electron chi connectivity index (χ4n) is 2.45. The molecule has 0 spiro atoms. The zero-order chi connectivity index (χ0) is 16.8. The average molecular weight is 342 g/mol. The van der Waals surface area contributed by atoms with Crippen LogP contribution in [0.1, 0.15) is 22.5 Å². The third kappa shape index (κ3) is 3.91. The second-order valence-electron chi connectivity index (χ2n) is 5.37. The molecule has 0 radical (unpaired) electrons. The Morgan fingerprint density at radius 1 is 1.17 bits per heavy atom. The van der Waals surface area contributed by atoms with E-state index in [0.29, 0.717) is 0 Å². The number of nitrogens with one attached hydrogen (secondary N) is 2. The van der Waals surface area contributed by atoms with E-state index >= 15 is 0 Å². The van der Waals surface area contributed by atoms with Crippen LogP contribution in [0.3, 0.4) is 0 Å². The summed E-state index contributed by atoms with van der Waals surface area (Å²) in [6, 6.07) is 10.3. The Hall–Kier alpha value is -2.41. The van der Waals surface area contributed by atoms with Crippen molar-refractivity contribution in [2.45, 2.75) is 26.3 Å². The first-order valence-corrected chi connectivity index (χ1v) is 8.92. The third-order valence-corrected chi connectivity index (χ3v) is 4.97. The average Bonchev–Trinajstić information content (AvgIpc) is 3.25. The van der Waals surface area contributed by atoms with Crippen molar-refractivity contribution in [3.8, 4) is 0 Å². The molecule has 0 atom stereocenters. The Balaban J connectivity index is 1.49. The summed E-state index contributed by atoms with van der Waals surface area (Å²) in [5, 5.41) is 15.1. The van der Waals surface area contributed by atoms with Crippen LogP contribution in [0.4, 0.5) is 0 Å². The van der Waals surface area contributed by atoms with E-state index in [2.05, 4.69) is 44.9 Å². The normalized spacial score (nSPS) is 11.8. The van der Waals surface area contributed by atoms with Crippen molar-refractivity contribution >= 4 is 22.9 Å². The second-order valence-corrected chi connectivity index (χ2v) is 6.62. The van der Waals surface area contributed by atoms with Crippen LogP contribution in [0.15, 0.2) is 41.5 Å². The van der Waals surface area contributed by atoms with E-state index in [1.54, 1.807) is 7.05 Å². The molecule has 2 N–H and O–H groups in total. The van der Waals surface area contributed by atoms with Crippen molar-refractivity contribution in [1.29, 1.82) is 0 Å². The van der Waals surface area contributed by atoms with Gasteiger partial charge in [0.1, 0.15) is 5.82 Å². The molecule has 0 aliphatic rings. The number of nitrogens with zero attached hydrogens (tertiary/aromatic N) is 4. The topological polar surface area (TPSA) is 66.6 Å². The van der Waals surface area contributed by atoms with Gasteiger partial charge in [-0.1, -0.05) is 13.0 Å². The smallest absolute Gasteiger partial charge is 0.191 e. The van der Waals surface area contributed by atoms with E-state index in [4.69, 9.17) is 0 Å². The summed E-state index contributed by atoms with van der Waals surface area (Å²) in [6.07, 6.45) is 3.86. The summed E-state index contributed by atoms with van der Waals surface area (Å²) in [4.78, 5) is 7.00. The molecule has 0 amide bonds. The van der Waals surface area contributed by atoms with E-state index in [9.17, 15) is 0 Å². The summed E-state index contributed by atoms with van der Waals surface area (Å²) in [7, 11) is 1.79. The van der Waals surface area contributed by atoms with Gasteiger partial charge in [-0.25, -0.2) is 0 Å². The molecule has 7 heteroatoms. The predicted octanol–water partition coefficient (Wildman–Crippen LogP) is 2.26. The number of rotatable bonds is 6. The molecule has 0 aromatic carbocycles. The molecule has 3 heterocycles. The highest BCUT2D eigenvalue weighted by molar-refractivity contribution is 7.11. The van der Waals surface area contributed by atoms with Crippen LogP contribution in [0.5, 0.6) is 0 Å². The fourth-order valence-corrected chi connectivity index (χ4v) is 3.35. The number of pyridine rings is 1. The van der Waals surface area contributed by atoms with Gasteiger partial charge in [-0.15, -0.1) is 21.5 Å². The highest BCUT2D eigenvalue weighted by Gasteiger charge is 2.05. The first-order chi connectivity index (χ1) is 11.8. The number of thiophene rings is 1. The fraction of sp³-hybridized carbons (Fsp3) is 0.353. The van der Waals surface area contributed by atoms with Crippen molar-refractivity contribution in [2.24, 2.45) is 4.99 Å². The van der Waals surface area contributed by atoms with E-state index in [1.807, 2.05) is 40.1 Å². The minimum absolute atomic E-state index is 0.750. The van der Waals surface area contributed by atoms with Gasteiger partial charge in [0, 0.05) is 36.0 Å². The van der Waals surface area contributed by atoms with E-state index in [0.717, 1.165) is 43.4 Å². The van der Waals surface area contributed by atoms with Gasteiger partial charge in [-0.3, -0.25) is 9.39 Å². The van der Waals surface area contributed by atoms with E-state index in [1.165, 1.54) is 9.75 Å². The minimum Gasteiger partial charge on any atom is -0.356 e. The highest BCUT2D eigenvalue weighted by Crippen LogP contribution is 2.16. The maximum absolute atomic E-state index is 4.27. The molecular weight excluding hydrogens is 320 g/mol. The van der Waals surface area contributed by atoms with Gasteiger partial charge in [0.25, 0.3) is 0 Å². The lowest BCUT2D eigenvalue weighted by Gasteiger charge is -2.10. The Morgan fingerprint density at radius 2 is 2.04 bits per heavy atom. The standard InChI is InChI=1S/C17H22N6S/c1-3-13-7-8-14(24-13)12-20-17(18-2)19-10-9-16-22-21-15-6-4-5-11-23(15)16/h4-8,11H,3,9-10,12H2,1-2H3,(H2,18,19,20). The number of aryl methyl sites for hydroxylation is 1. The maximum atomic E-state index is 4.27. The van der Waals surface area contributed by atoms with Gasteiger partial charge in [-0.2, -0.15) is 0 Å². The molecule has 0 saturated carbocycles. The van der Waals surface area contributed by atoms with E-state index < -0.39 is 0 Å². The molecule has 126 valence electrons. The largest absolute Gasteiger partial charge is 0.356 e. The van der Waals surface area contributed by atoms with Gasteiger partial charge in [0.05, 0.1) is 6.54 Å². The highest BCUT2D eigenvalue weighted by atomic mass is 32.1. The molecule has 0 bridgehead atoms. The maximum Gasteiger partial charge on any atom is 0.191 e. The third-order valence-electron chi connectivity index (χ3n) is 3.74. The molecule has 0 unspecified atom stereocenters. The first-order valence-electron chi connectivity index (χ1n) is 8.11. The minimum atomic E-state index is 0.750. The zero-order valence-electron chi connectivity index (χ0n) is 14.0. The van der Waals surface area contributed by atoms with Crippen LogP contribution in [0, 0.1) is 0 Å². The second kappa shape index (κ2) is 7.92. The van der Waals surface area contributed by atoms with Crippen LogP contribution >= 0.6 is 11.3 Å². The number of guanidine groups is 1. The lowest BCUT2D eigenvalue weighted by Crippen LogP contribution is -2.37. The molecule has 0 saturated heterocycles. The predicted molar refractivity (Wildman–Crippen MR) is 98.6 cm³/mol. The number of aliphatic imine (C=N–C) groups is 1. The lowest BCUT2D eigenvalue weighted by molar-refractivity contribution is 0.763. The number of fused-ring (bicyclic) bond motifs is 1. The van der Waals surface area contributed by atoms with Gasteiger partial charge in [-0.05, 0) is 30.7 Å². The summed E-state index contributed by atoms with van der Waals surface area (Å²) >= 11 is 1.84. The van der Waals surface area contributed by atoms with Gasteiger partial charge in [0.15, 0.2) is 11.6 Å². The SMILES string of the molecule is CCc1ccc(CNC(=NC)NCCc2nnc3ccccn23)s1. The van der Waals surface area contributed by atoms with Crippen LogP contribution in [-0.4, -0.2) is 34.2 Å². The van der Waals surface area contributed by atoms with Gasteiger partial charge < -0.3 is 10.6 Å².